The first-order valence-corrected chi connectivity index (χ1v) is 9.35. The summed E-state index contributed by atoms with van der Waals surface area (Å²) in [7, 11) is 0. The van der Waals surface area contributed by atoms with Crippen LogP contribution in [-0.2, 0) is 14.3 Å². The van der Waals surface area contributed by atoms with Crippen LogP contribution in [0.25, 0.3) is 0 Å². The molecule has 1 aliphatic rings. The topological polar surface area (TPSA) is 52.6 Å². The lowest BCUT2D eigenvalue weighted by Crippen LogP contribution is -2.41. The van der Waals surface area contributed by atoms with Crippen LogP contribution in [0.3, 0.4) is 0 Å². The van der Waals surface area contributed by atoms with Crippen molar-refractivity contribution in [3.8, 4) is 0 Å². The Labute approximate surface area is 162 Å². The highest BCUT2D eigenvalue weighted by Crippen LogP contribution is 2.36. The average Bonchev–Trinajstić information content (AvgIpc) is 2.58. The number of benzene rings is 1. The number of rotatable bonds is 5. The third-order valence-electron chi connectivity index (χ3n) is 5.49. The summed E-state index contributed by atoms with van der Waals surface area (Å²) in [6.07, 6.45) is 3.15. The zero-order valence-electron chi connectivity index (χ0n) is 17.2. The van der Waals surface area contributed by atoms with Gasteiger partial charge in [-0.05, 0) is 77.2 Å². The normalized spacial score (nSPS) is 19.9. The summed E-state index contributed by atoms with van der Waals surface area (Å²) in [5.74, 6) is -0.651. The summed E-state index contributed by atoms with van der Waals surface area (Å²) in [6, 6.07) is 5.64. The van der Waals surface area contributed by atoms with Crippen LogP contribution in [0.2, 0.25) is 0 Å². The van der Waals surface area contributed by atoms with Crippen LogP contribution in [0.4, 0.5) is 0 Å². The van der Waals surface area contributed by atoms with Crippen LogP contribution in [0.1, 0.15) is 62.0 Å². The van der Waals surface area contributed by atoms with E-state index in [1.165, 1.54) is 0 Å². The maximum atomic E-state index is 12.7. The molecular weight excluding hydrogens is 340 g/mol. The Morgan fingerprint density at radius 2 is 1.85 bits per heavy atom. The minimum atomic E-state index is -0.670. The van der Waals surface area contributed by atoms with Crippen molar-refractivity contribution in [1.82, 2.24) is 0 Å². The van der Waals surface area contributed by atoms with Crippen molar-refractivity contribution in [2.24, 2.45) is 5.92 Å². The van der Waals surface area contributed by atoms with Crippen molar-refractivity contribution in [3.63, 3.8) is 0 Å². The van der Waals surface area contributed by atoms with Crippen molar-refractivity contribution < 1.29 is 19.1 Å². The molecule has 0 spiro atoms. The van der Waals surface area contributed by atoms with Gasteiger partial charge in [-0.2, -0.15) is 0 Å². The van der Waals surface area contributed by atoms with E-state index in [2.05, 4.69) is 12.7 Å². The largest absolute Gasteiger partial charge is 0.456 e. The third-order valence-corrected chi connectivity index (χ3v) is 5.49. The second-order valence-corrected chi connectivity index (χ2v) is 8.03. The fourth-order valence-electron chi connectivity index (χ4n) is 3.28. The van der Waals surface area contributed by atoms with E-state index in [-0.39, 0.29) is 18.0 Å². The summed E-state index contributed by atoms with van der Waals surface area (Å²) >= 11 is 0. The molecule has 146 valence electrons. The predicted molar refractivity (Wildman–Crippen MR) is 107 cm³/mol. The Morgan fingerprint density at radius 3 is 2.48 bits per heavy atom. The van der Waals surface area contributed by atoms with Crippen molar-refractivity contribution in [2.75, 3.05) is 0 Å². The molecule has 1 aromatic carbocycles. The Balaban J connectivity index is 2.14. The number of hydrogen-bond acceptors (Lipinski definition) is 4. The number of hydrogen-bond donors (Lipinski definition) is 0. The summed E-state index contributed by atoms with van der Waals surface area (Å²) in [6.45, 7) is 15.0. The molecule has 4 heteroatoms. The van der Waals surface area contributed by atoms with E-state index >= 15 is 0 Å². The smallest absolute Gasteiger partial charge is 0.339 e. The molecule has 0 N–H and O–H groups in total. The zero-order chi connectivity index (χ0) is 20.4. The first-order valence-electron chi connectivity index (χ1n) is 9.35. The van der Waals surface area contributed by atoms with Gasteiger partial charge in [-0.25, -0.2) is 9.59 Å². The molecule has 27 heavy (non-hydrogen) atoms. The van der Waals surface area contributed by atoms with E-state index in [0.717, 1.165) is 23.1 Å². The molecule has 2 atom stereocenters. The molecular formula is C23H30O4. The van der Waals surface area contributed by atoms with Crippen molar-refractivity contribution in [2.45, 2.75) is 66.1 Å². The maximum absolute atomic E-state index is 12.7. The van der Waals surface area contributed by atoms with E-state index in [4.69, 9.17) is 9.47 Å². The summed E-state index contributed by atoms with van der Waals surface area (Å²) in [5, 5.41) is 0. The molecule has 1 aliphatic carbocycles. The number of carbonyl (C=O) groups excluding carboxylic acids is 2. The highest BCUT2D eigenvalue weighted by atomic mass is 16.6. The van der Waals surface area contributed by atoms with Gasteiger partial charge >= 0.3 is 11.9 Å². The van der Waals surface area contributed by atoms with Gasteiger partial charge in [0.25, 0.3) is 0 Å². The van der Waals surface area contributed by atoms with Crippen LogP contribution in [0.5, 0.6) is 0 Å². The quantitative estimate of drug-likeness (QED) is 0.412. The SMILES string of the molecule is C=C(C)C(=O)OC(C)(C)C1CC=C(C)C(OC(=O)c2cccc(C)c2C)C1. The molecule has 0 heterocycles. The molecule has 2 rings (SSSR count). The second-order valence-electron chi connectivity index (χ2n) is 8.03. The number of carbonyl (C=O) groups is 2. The van der Waals surface area contributed by atoms with Gasteiger partial charge in [-0.1, -0.05) is 24.8 Å². The number of ether oxygens (including phenoxy) is 2. The fourth-order valence-corrected chi connectivity index (χ4v) is 3.28. The van der Waals surface area contributed by atoms with Crippen LogP contribution < -0.4 is 0 Å². The minimum Gasteiger partial charge on any atom is -0.456 e. The Bertz CT molecular complexity index is 786. The molecule has 0 saturated heterocycles. The number of aryl methyl sites for hydroxylation is 1. The van der Waals surface area contributed by atoms with Crippen molar-refractivity contribution in [3.05, 3.63) is 58.7 Å². The second kappa shape index (κ2) is 8.12. The monoisotopic (exact) mass is 370 g/mol. The van der Waals surface area contributed by atoms with Crippen LogP contribution in [0.15, 0.2) is 42.0 Å². The third kappa shape index (κ3) is 4.88. The highest BCUT2D eigenvalue weighted by molar-refractivity contribution is 5.91. The first kappa shape index (κ1) is 20.9. The molecule has 1 aromatic rings. The lowest BCUT2D eigenvalue weighted by molar-refractivity contribution is -0.158. The van der Waals surface area contributed by atoms with Crippen molar-refractivity contribution in [1.29, 1.82) is 0 Å². The lowest BCUT2D eigenvalue weighted by Gasteiger charge is -2.38. The predicted octanol–water partition coefficient (Wildman–Crippen LogP) is 5.08. The van der Waals surface area contributed by atoms with Gasteiger partial charge in [0.2, 0.25) is 0 Å². The first-order chi connectivity index (χ1) is 12.5. The average molecular weight is 370 g/mol. The molecule has 4 nitrogen and oxygen atoms in total. The fraction of sp³-hybridized carbons (Fsp3) is 0.478. The number of allylic oxidation sites excluding steroid dienone is 1. The van der Waals surface area contributed by atoms with Gasteiger partial charge in [-0.15, -0.1) is 0 Å². The van der Waals surface area contributed by atoms with E-state index in [9.17, 15) is 9.59 Å². The van der Waals surface area contributed by atoms with Crippen LogP contribution in [-0.4, -0.2) is 23.6 Å². The lowest BCUT2D eigenvalue weighted by atomic mass is 9.78. The Hall–Kier alpha value is -2.36. The molecule has 0 fully saturated rings. The van der Waals surface area contributed by atoms with Crippen LogP contribution in [0, 0.1) is 19.8 Å². The zero-order valence-corrected chi connectivity index (χ0v) is 17.2. The summed E-state index contributed by atoms with van der Waals surface area (Å²) < 4.78 is 11.5. The summed E-state index contributed by atoms with van der Waals surface area (Å²) in [5.41, 5.74) is 3.34. The van der Waals surface area contributed by atoms with E-state index in [1.807, 2.05) is 46.8 Å². The number of esters is 2. The van der Waals surface area contributed by atoms with Gasteiger partial charge in [-0.3, -0.25) is 0 Å². The molecule has 2 unspecified atom stereocenters. The molecule has 0 amide bonds. The van der Waals surface area contributed by atoms with Gasteiger partial charge in [0.05, 0.1) is 5.56 Å². The standard InChI is InChI=1S/C23H30O4/c1-14(2)21(24)27-23(6,7)18-12-11-16(4)20(13-18)26-22(25)19-10-8-9-15(3)17(19)5/h8-11,18,20H,1,12-13H2,2-7H3. The molecule has 0 bridgehead atoms. The van der Waals surface area contributed by atoms with E-state index in [0.29, 0.717) is 17.6 Å². The minimum absolute atomic E-state index is 0.0564. The molecule has 0 radical (unpaired) electrons. The Morgan fingerprint density at radius 1 is 1.19 bits per heavy atom. The maximum Gasteiger partial charge on any atom is 0.339 e. The highest BCUT2D eigenvalue weighted by Gasteiger charge is 2.38. The van der Waals surface area contributed by atoms with Gasteiger partial charge < -0.3 is 9.47 Å². The Kier molecular flexibility index (Phi) is 6.30. The van der Waals surface area contributed by atoms with Gasteiger partial charge in [0, 0.05) is 11.5 Å². The van der Waals surface area contributed by atoms with Gasteiger partial charge in [0.15, 0.2) is 0 Å². The summed E-state index contributed by atoms with van der Waals surface area (Å²) in [4.78, 5) is 24.7. The van der Waals surface area contributed by atoms with Gasteiger partial charge in [0.1, 0.15) is 11.7 Å². The van der Waals surface area contributed by atoms with E-state index in [1.54, 1.807) is 13.0 Å². The van der Waals surface area contributed by atoms with Crippen LogP contribution >= 0.6 is 0 Å². The van der Waals surface area contributed by atoms with Crippen molar-refractivity contribution >= 4 is 11.9 Å². The molecule has 0 aliphatic heterocycles. The molecule has 0 saturated carbocycles. The van der Waals surface area contributed by atoms with E-state index < -0.39 is 11.6 Å². The molecule has 0 aromatic heterocycles.